The average Bonchev–Trinajstić information content (AvgIpc) is 3.25. The highest BCUT2D eigenvalue weighted by atomic mass is 16.5. The van der Waals surface area contributed by atoms with Crippen molar-refractivity contribution < 1.29 is 9.53 Å². The van der Waals surface area contributed by atoms with Crippen LogP contribution in [0.4, 0.5) is 0 Å². The van der Waals surface area contributed by atoms with Gasteiger partial charge in [-0.15, -0.1) is 0 Å². The molecule has 1 aromatic heterocycles. The Morgan fingerprint density at radius 3 is 2.79 bits per heavy atom. The fraction of sp³-hybridized carbons (Fsp3) is 0.300. The van der Waals surface area contributed by atoms with Crippen molar-refractivity contribution in [2.75, 3.05) is 7.11 Å². The number of aromatic amines is 1. The molecule has 0 saturated heterocycles. The van der Waals surface area contributed by atoms with E-state index in [2.05, 4.69) is 34.7 Å². The SMILES string of the molecule is COC(=O)c1cn(CCc2nc3ccccc3n2C(C)C)cc2c(=O)[nH]nc1-2. The molecule has 1 aromatic carbocycles. The van der Waals surface area contributed by atoms with Gasteiger partial charge in [0.25, 0.3) is 5.56 Å². The molecular formula is C20H21N5O3. The molecule has 8 heteroatoms. The number of imidazole rings is 1. The molecule has 0 saturated carbocycles. The van der Waals surface area contributed by atoms with Crippen molar-refractivity contribution in [3.05, 3.63) is 58.4 Å². The van der Waals surface area contributed by atoms with E-state index in [1.807, 2.05) is 22.8 Å². The Kier molecular flexibility index (Phi) is 4.46. The summed E-state index contributed by atoms with van der Waals surface area (Å²) < 4.78 is 8.87. The summed E-state index contributed by atoms with van der Waals surface area (Å²) >= 11 is 0. The standard InChI is InChI=1S/C20H21N5O3/c1-12(2)25-16-7-5-4-6-15(16)21-17(25)8-9-24-10-13-18(22-23-19(13)26)14(11-24)20(27)28-3/h4-7,10-12H,8-9H2,1-3H3,(H,23,26). The predicted octanol–water partition coefficient (Wildman–Crippen LogP) is 2.64. The number of benzene rings is 1. The molecule has 0 amide bonds. The summed E-state index contributed by atoms with van der Waals surface area (Å²) in [7, 11) is 1.31. The van der Waals surface area contributed by atoms with Gasteiger partial charge >= 0.3 is 5.97 Å². The highest BCUT2D eigenvalue weighted by molar-refractivity contribution is 5.95. The molecule has 0 atom stereocenters. The van der Waals surface area contributed by atoms with Crippen molar-refractivity contribution in [1.29, 1.82) is 0 Å². The first-order chi connectivity index (χ1) is 13.5. The van der Waals surface area contributed by atoms with Gasteiger partial charge in [-0.3, -0.25) is 4.79 Å². The van der Waals surface area contributed by atoms with Crippen LogP contribution in [0.15, 0.2) is 41.5 Å². The summed E-state index contributed by atoms with van der Waals surface area (Å²) in [5.41, 5.74) is 2.67. The Morgan fingerprint density at radius 1 is 1.25 bits per heavy atom. The zero-order valence-corrected chi connectivity index (χ0v) is 16.0. The van der Waals surface area contributed by atoms with Crippen molar-refractivity contribution in [3.8, 4) is 11.3 Å². The number of nitrogens with zero attached hydrogens (tertiary/aromatic N) is 4. The van der Waals surface area contributed by atoms with Crippen LogP contribution in [0.25, 0.3) is 22.3 Å². The Hall–Kier alpha value is -3.42. The molecule has 0 unspecified atom stereocenters. The minimum Gasteiger partial charge on any atom is -0.465 e. The number of carbonyl (C=O) groups is 1. The Balaban J connectivity index is 1.72. The van der Waals surface area contributed by atoms with E-state index in [9.17, 15) is 9.59 Å². The Morgan fingerprint density at radius 2 is 2.04 bits per heavy atom. The van der Waals surface area contributed by atoms with Crippen LogP contribution in [0.3, 0.4) is 0 Å². The van der Waals surface area contributed by atoms with E-state index in [-0.39, 0.29) is 17.2 Å². The van der Waals surface area contributed by atoms with Crippen molar-refractivity contribution in [1.82, 2.24) is 24.3 Å². The van der Waals surface area contributed by atoms with Crippen molar-refractivity contribution in [3.63, 3.8) is 0 Å². The molecule has 1 N–H and O–H groups in total. The fourth-order valence-electron chi connectivity index (χ4n) is 3.55. The number of pyridine rings is 1. The zero-order chi connectivity index (χ0) is 19.8. The quantitative estimate of drug-likeness (QED) is 0.538. The molecule has 2 aliphatic heterocycles. The number of H-pyrrole nitrogens is 1. The molecule has 8 nitrogen and oxygen atoms in total. The maximum atomic E-state index is 12.1. The molecule has 0 aliphatic carbocycles. The maximum Gasteiger partial charge on any atom is 0.341 e. The fourth-order valence-corrected chi connectivity index (χ4v) is 3.55. The third-order valence-electron chi connectivity index (χ3n) is 4.80. The number of hydrogen-bond acceptors (Lipinski definition) is 5. The van der Waals surface area contributed by atoms with E-state index in [0.717, 1.165) is 16.9 Å². The molecule has 0 radical (unpaired) electrons. The summed E-state index contributed by atoms with van der Waals surface area (Å²) in [5.74, 6) is 0.429. The molecule has 3 heterocycles. The van der Waals surface area contributed by atoms with Gasteiger partial charge in [-0.2, -0.15) is 5.10 Å². The average molecular weight is 379 g/mol. The van der Waals surface area contributed by atoms with Crippen LogP contribution < -0.4 is 5.56 Å². The molecule has 2 aromatic rings. The van der Waals surface area contributed by atoms with Crippen LogP contribution in [-0.2, 0) is 17.7 Å². The molecule has 28 heavy (non-hydrogen) atoms. The van der Waals surface area contributed by atoms with Gasteiger partial charge < -0.3 is 13.9 Å². The number of aryl methyl sites for hydroxylation is 2. The van der Waals surface area contributed by atoms with Gasteiger partial charge in [-0.1, -0.05) is 12.1 Å². The second-order valence-electron chi connectivity index (χ2n) is 6.95. The van der Waals surface area contributed by atoms with E-state index in [4.69, 9.17) is 9.72 Å². The van der Waals surface area contributed by atoms with E-state index in [0.29, 0.717) is 24.2 Å². The Bertz CT molecular complexity index is 1180. The van der Waals surface area contributed by atoms with Gasteiger partial charge in [0.05, 0.1) is 23.7 Å². The number of esters is 1. The number of hydrogen-bond donors (Lipinski definition) is 1. The number of nitrogens with one attached hydrogen (secondary N) is 1. The van der Waals surface area contributed by atoms with Crippen LogP contribution in [0.5, 0.6) is 0 Å². The number of rotatable bonds is 5. The van der Waals surface area contributed by atoms with Crippen LogP contribution in [0.1, 0.15) is 36.1 Å². The topological polar surface area (TPSA) is 94.8 Å². The first kappa shape index (κ1) is 18.0. The number of carbonyl (C=O) groups excluding carboxylic acids is 1. The highest BCUT2D eigenvalue weighted by Crippen LogP contribution is 2.23. The van der Waals surface area contributed by atoms with Crippen molar-refractivity contribution in [2.45, 2.75) is 32.9 Å². The third-order valence-corrected chi connectivity index (χ3v) is 4.80. The molecule has 4 rings (SSSR count). The third kappa shape index (κ3) is 2.96. The maximum absolute atomic E-state index is 12.1. The first-order valence-electron chi connectivity index (χ1n) is 9.12. The second-order valence-corrected chi connectivity index (χ2v) is 6.95. The van der Waals surface area contributed by atoms with Crippen LogP contribution in [0.2, 0.25) is 0 Å². The van der Waals surface area contributed by atoms with E-state index in [1.165, 1.54) is 7.11 Å². The lowest BCUT2D eigenvalue weighted by atomic mass is 10.1. The van der Waals surface area contributed by atoms with Crippen LogP contribution in [-0.4, -0.2) is 37.4 Å². The van der Waals surface area contributed by atoms with E-state index in [1.54, 1.807) is 12.4 Å². The van der Waals surface area contributed by atoms with Gasteiger partial charge in [0.2, 0.25) is 0 Å². The predicted molar refractivity (Wildman–Crippen MR) is 105 cm³/mol. The van der Waals surface area contributed by atoms with E-state index >= 15 is 0 Å². The van der Waals surface area contributed by atoms with Crippen molar-refractivity contribution >= 4 is 17.0 Å². The largest absolute Gasteiger partial charge is 0.465 e. The smallest absolute Gasteiger partial charge is 0.341 e. The van der Waals surface area contributed by atoms with Gasteiger partial charge in [-0.25, -0.2) is 14.9 Å². The molecule has 0 spiro atoms. The minimum atomic E-state index is -0.528. The van der Waals surface area contributed by atoms with Crippen LogP contribution in [0, 0.1) is 0 Å². The van der Waals surface area contributed by atoms with Gasteiger partial charge in [-0.05, 0) is 26.0 Å². The molecular weight excluding hydrogens is 358 g/mol. The highest BCUT2D eigenvalue weighted by Gasteiger charge is 2.22. The zero-order valence-electron chi connectivity index (χ0n) is 16.0. The molecule has 0 bridgehead atoms. The summed E-state index contributed by atoms with van der Waals surface area (Å²) in [6, 6.07) is 8.32. The van der Waals surface area contributed by atoms with E-state index < -0.39 is 5.97 Å². The number of methoxy groups -OCH3 is 1. The normalized spacial score (nSPS) is 11.6. The van der Waals surface area contributed by atoms with Gasteiger partial charge in [0, 0.05) is 31.4 Å². The molecule has 0 fully saturated rings. The minimum absolute atomic E-state index is 0.260. The summed E-state index contributed by atoms with van der Waals surface area (Å²) in [5, 5.41) is 6.34. The number of fused-ring (bicyclic) bond motifs is 2. The first-order valence-corrected chi connectivity index (χ1v) is 9.12. The summed E-state index contributed by atoms with van der Waals surface area (Å²) in [6.07, 6.45) is 4.02. The van der Waals surface area contributed by atoms with Gasteiger partial charge in [0.15, 0.2) is 0 Å². The second kappa shape index (κ2) is 6.95. The van der Waals surface area contributed by atoms with Crippen molar-refractivity contribution in [2.24, 2.45) is 0 Å². The number of ether oxygens (including phenoxy) is 1. The summed E-state index contributed by atoms with van der Waals surface area (Å²) in [4.78, 5) is 28.9. The van der Waals surface area contributed by atoms with Gasteiger partial charge in [0.1, 0.15) is 17.1 Å². The molecule has 144 valence electrons. The molecule has 2 aliphatic rings. The van der Waals surface area contributed by atoms with Crippen LogP contribution >= 0.6 is 0 Å². The summed E-state index contributed by atoms with van der Waals surface area (Å²) in [6.45, 7) is 4.81. The monoisotopic (exact) mass is 379 g/mol. The lowest BCUT2D eigenvalue weighted by molar-refractivity contribution is 0.0600. The lowest BCUT2D eigenvalue weighted by Gasteiger charge is -2.15. The Labute approximate surface area is 161 Å². The number of aromatic nitrogens is 5. The lowest BCUT2D eigenvalue weighted by Crippen LogP contribution is -2.14. The number of para-hydroxylation sites is 2.